The molecule has 0 saturated carbocycles. The van der Waals surface area contributed by atoms with E-state index >= 15 is 0 Å². The lowest BCUT2D eigenvalue weighted by Gasteiger charge is -2.21. The van der Waals surface area contributed by atoms with Gasteiger partial charge in [-0.25, -0.2) is 18.4 Å². The molecule has 0 unspecified atom stereocenters. The maximum Gasteiger partial charge on any atom is 0.502 e. The number of hydrogen-bond acceptors (Lipinski definition) is 5. The molecular weight excluding hydrogens is 319 g/mol. The summed E-state index contributed by atoms with van der Waals surface area (Å²) in [7, 11) is -5.36. The molecule has 0 atom stereocenters. The van der Waals surface area contributed by atoms with Crippen molar-refractivity contribution >= 4 is 22.2 Å². The number of halogens is 4. The molecule has 1 aromatic rings. The summed E-state index contributed by atoms with van der Waals surface area (Å²) in [6.07, 6.45) is 3.02. The Balaban J connectivity index is 0.00000200. The summed E-state index contributed by atoms with van der Waals surface area (Å²) in [6.45, 7) is 1.58. The first-order chi connectivity index (χ1) is 8.82. The molecule has 0 aliphatic carbocycles. The van der Waals surface area contributed by atoms with Crippen molar-refractivity contribution in [2.45, 2.75) is 29.2 Å². The quantitative estimate of drug-likeness (QED) is 0.892. The highest BCUT2D eigenvalue weighted by atomic mass is 35.5. The second-order valence-electron chi connectivity index (χ2n) is 4.25. The van der Waals surface area contributed by atoms with Crippen LogP contribution in [0.1, 0.15) is 24.6 Å². The van der Waals surface area contributed by atoms with Gasteiger partial charge in [0.2, 0.25) is 0 Å². The van der Waals surface area contributed by atoms with Crippen LogP contribution in [0.15, 0.2) is 17.3 Å². The van der Waals surface area contributed by atoms with Gasteiger partial charge in [-0.05, 0) is 25.9 Å². The van der Waals surface area contributed by atoms with Gasteiger partial charge in [0.05, 0.1) is 0 Å². The van der Waals surface area contributed by atoms with Gasteiger partial charge in [0.1, 0.15) is 10.7 Å². The van der Waals surface area contributed by atoms with E-state index in [1.165, 1.54) is 0 Å². The number of nitrogens with zero attached hydrogens (tertiary/aromatic N) is 2. The highest BCUT2D eigenvalue weighted by molar-refractivity contribution is 7.92. The molecule has 2 rings (SSSR count). The molecule has 114 valence electrons. The molecule has 1 aromatic heterocycles. The van der Waals surface area contributed by atoms with Gasteiger partial charge in [0, 0.05) is 18.3 Å². The van der Waals surface area contributed by atoms with Gasteiger partial charge < -0.3 is 5.32 Å². The van der Waals surface area contributed by atoms with Gasteiger partial charge >= 0.3 is 5.51 Å². The zero-order chi connectivity index (χ0) is 14.1. The minimum absolute atomic E-state index is 0. The zero-order valence-electron chi connectivity index (χ0n) is 10.2. The van der Waals surface area contributed by atoms with Crippen LogP contribution in [0.4, 0.5) is 13.2 Å². The molecule has 1 N–H and O–H groups in total. The minimum atomic E-state index is -5.36. The Hall–Kier alpha value is -0.930. The molecular formula is C10H13ClF3N3O2S. The van der Waals surface area contributed by atoms with Gasteiger partial charge in [0.15, 0.2) is 0 Å². The first kappa shape index (κ1) is 17.1. The van der Waals surface area contributed by atoms with E-state index in [1.807, 2.05) is 0 Å². The lowest BCUT2D eigenvalue weighted by Crippen LogP contribution is -2.28. The molecule has 0 bridgehead atoms. The highest BCUT2D eigenvalue weighted by Gasteiger charge is 2.47. The van der Waals surface area contributed by atoms with Crippen molar-refractivity contribution in [1.82, 2.24) is 15.3 Å². The Bertz CT molecular complexity index is 542. The third kappa shape index (κ3) is 3.39. The van der Waals surface area contributed by atoms with Crippen LogP contribution in [0.3, 0.4) is 0 Å². The molecule has 2 heterocycles. The second kappa shape index (κ2) is 6.23. The summed E-state index contributed by atoms with van der Waals surface area (Å²) in [4.78, 5) is 6.61. The zero-order valence-corrected chi connectivity index (χ0v) is 11.9. The summed E-state index contributed by atoms with van der Waals surface area (Å²) < 4.78 is 59.2. The van der Waals surface area contributed by atoms with Crippen molar-refractivity contribution < 1.29 is 21.6 Å². The predicted octanol–water partition coefficient (Wildman–Crippen LogP) is 1.66. The first-order valence-electron chi connectivity index (χ1n) is 5.66. The molecule has 1 aliphatic heterocycles. The van der Waals surface area contributed by atoms with Crippen LogP contribution in [0, 0.1) is 0 Å². The maximum atomic E-state index is 12.3. The molecule has 0 amide bonds. The molecule has 0 spiro atoms. The van der Waals surface area contributed by atoms with Crippen LogP contribution in [0.25, 0.3) is 0 Å². The Kier molecular flexibility index (Phi) is 5.33. The number of aromatic nitrogens is 2. The van der Waals surface area contributed by atoms with Crippen LogP contribution in [0.5, 0.6) is 0 Å². The molecule has 20 heavy (non-hydrogen) atoms. The van der Waals surface area contributed by atoms with E-state index in [4.69, 9.17) is 0 Å². The second-order valence-corrected chi connectivity index (χ2v) is 6.19. The Morgan fingerprint density at radius 3 is 2.10 bits per heavy atom. The molecule has 0 radical (unpaired) electrons. The lowest BCUT2D eigenvalue weighted by molar-refractivity contribution is -0.0436. The lowest BCUT2D eigenvalue weighted by atomic mass is 9.97. The summed E-state index contributed by atoms with van der Waals surface area (Å²) in [5, 5.41) is 3.14. The van der Waals surface area contributed by atoms with Crippen molar-refractivity contribution in [3.63, 3.8) is 0 Å². The fourth-order valence-corrected chi connectivity index (χ4v) is 2.54. The normalized spacial score (nSPS) is 17.6. The van der Waals surface area contributed by atoms with Crippen LogP contribution in [-0.2, 0) is 9.84 Å². The van der Waals surface area contributed by atoms with Gasteiger partial charge in [-0.2, -0.15) is 13.2 Å². The standard InChI is InChI=1S/C10H12F3N3O2S.ClH/c11-10(12,13)19(17,18)8-5-15-9(16-6-8)7-1-3-14-4-2-7;/h5-7,14H,1-4H2;1H. The minimum Gasteiger partial charge on any atom is -0.317 e. The molecule has 1 aliphatic rings. The predicted molar refractivity (Wildman–Crippen MR) is 67.4 cm³/mol. The number of nitrogens with one attached hydrogen (secondary N) is 1. The smallest absolute Gasteiger partial charge is 0.317 e. The van der Waals surface area contributed by atoms with Crippen molar-refractivity contribution in [2.24, 2.45) is 0 Å². The van der Waals surface area contributed by atoms with Crippen LogP contribution >= 0.6 is 12.4 Å². The summed E-state index contributed by atoms with van der Waals surface area (Å²) in [5.41, 5.74) is -5.33. The monoisotopic (exact) mass is 331 g/mol. The Morgan fingerprint density at radius 2 is 1.65 bits per heavy atom. The summed E-state index contributed by atoms with van der Waals surface area (Å²) >= 11 is 0. The summed E-state index contributed by atoms with van der Waals surface area (Å²) in [5.74, 6) is 0.450. The van der Waals surface area contributed by atoms with E-state index in [0.717, 1.165) is 38.3 Å². The average Bonchev–Trinajstić information content (AvgIpc) is 2.39. The Morgan fingerprint density at radius 1 is 1.15 bits per heavy atom. The molecule has 1 fully saturated rings. The van der Waals surface area contributed by atoms with E-state index in [9.17, 15) is 21.6 Å². The molecule has 0 aromatic carbocycles. The van der Waals surface area contributed by atoms with E-state index < -0.39 is 20.2 Å². The number of piperidine rings is 1. The first-order valence-corrected chi connectivity index (χ1v) is 7.14. The van der Waals surface area contributed by atoms with Gasteiger partial charge in [-0.3, -0.25) is 0 Å². The van der Waals surface area contributed by atoms with E-state index in [2.05, 4.69) is 15.3 Å². The number of rotatable bonds is 2. The van der Waals surface area contributed by atoms with Gasteiger partial charge in [-0.15, -0.1) is 12.4 Å². The van der Waals surface area contributed by atoms with E-state index in [-0.39, 0.29) is 18.3 Å². The maximum absolute atomic E-state index is 12.3. The van der Waals surface area contributed by atoms with Crippen molar-refractivity contribution in [3.8, 4) is 0 Å². The van der Waals surface area contributed by atoms with Crippen LogP contribution < -0.4 is 5.32 Å². The third-order valence-corrected chi connectivity index (χ3v) is 4.41. The SMILES string of the molecule is Cl.O=S(=O)(c1cnc(C2CCNCC2)nc1)C(F)(F)F. The fraction of sp³-hybridized carbons (Fsp3) is 0.600. The fourth-order valence-electron chi connectivity index (χ4n) is 1.89. The third-order valence-electron chi connectivity index (χ3n) is 2.97. The van der Waals surface area contributed by atoms with Gasteiger partial charge in [0.25, 0.3) is 9.84 Å². The largest absolute Gasteiger partial charge is 0.502 e. The topological polar surface area (TPSA) is 72.0 Å². The number of hydrogen-bond donors (Lipinski definition) is 1. The van der Waals surface area contributed by atoms with Crippen molar-refractivity contribution in [1.29, 1.82) is 0 Å². The Labute approximate surface area is 120 Å². The molecule has 5 nitrogen and oxygen atoms in total. The van der Waals surface area contributed by atoms with E-state index in [1.54, 1.807) is 0 Å². The van der Waals surface area contributed by atoms with Crippen LogP contribution in [0.2, 0.25) is 0 Å². The molecule has 10 heteroatoms. The number of sulfone groups is 1. The summed E-state index contributed by atoms with van der Waals surface area (Å²) in [6, 6.07) is 0. The van der Waals surface area contributed by atoms with Gasteiger partial charge in [-0.1, -0.05) is 0 Å². The molecule has 1 saturated heterocycles. The number of alkyl halides is 3. The highest BCUT2D eigenvalue weighted by Crippen LogP contribution is 2.30. The van der Waals surface area contributed by atoms with E-state index in [0.29, 0.717) is 5.82 Å². The van der Waals surface area contributed by atoms with Crippen molar-refractivity contribution in [3.05, 3.63) is 18.2 Å². The van der Waals surface area contributed by atoms with Crippen molar-refractivity contribution in [2.75, 3.05) is 13.1 Å². The van der Waals surface area contributed by atoms with Crippen LogP contribution in [-0.4, -0.2) is 37.0 Å². The average molecular weight is 332 g/mol.